The van der Waals surface area contributed by atoms with Gasteiger partial charge in [-0.1, -0.05) is 0 Å². The summed E-state index contributed by atoms with van der Waals surface area (Å²) < 4.78 is 9.64. The average Bonchev–Trinajstić information content (AvgIpc) is 2.17. The lowest BCUT2D eigenvalue weighted by Crippen LogP contribution is -2.17. The van der Waals surface area contributed by atoms with Crippen LogP contribution in [-0.4, -0.2) is 43.4 Å². The molecule has 0 bridgehead atoms. The number of aliphatic hydroxyl groups is 2. The van der Waals surface area contributed by atoms with Crippen LogP contribution in [0.5, 0.6) is 0 Å². The topological polar surface area (TPSA) is 58.9 Å². The van der Waals surface area contributed by atoms with Crippen LogP contribution in [0.1, 0.15) is 13.8 Å². The Hall–Kier alpha value is -0.640. The van der Waals surface area contributed by atoms with Crippen molar-refractivity contribution in [2.24, 2.45) is 0 Å². The van der Waals surface area contributed by atoms with E-state index in [9.17, 15) is 5.11 Å². The summed E-state index contributed by atoms with van der Waals surface area (Å²) in [6.07, 6.45) is -0.702. The Morgan fingerprint density at radius 1 is 1.43 bits per heavy atom. The first-order valence-electron chi connectivity index (χ1n) is 4.40. The van der Waals surface area contributed by atoms with Gasteiger partial charge in [-0.05, 0) is 25.0 Å². The van der Waals surface area contributed by atoms with Crippen molar-refractivity contribution in [3.05, 3.63) is 16.9 Å². The van der Waals surface area contributed by atoms with E-state index in [0.717, 1.165) is 0 Å². The van der Waals surface area contributed by atoms with E-state index in [2.05, 4.69) is 10.5 Å². The summed E-state index contributed by atoms with van der Waals surface area (Å²) in [4.78, 5) is 0. The zero-order valence-corrected chi connectivity index (χ0v) is 8.91. The second-order valence-electron chi connectivity index (χ2n) is 3.04. The quantitative estimate of drug-likeness (QED) is 0.373. The number of methoxy groups -OCH3 is 1. The maximum atomic E-state index is 9.51. The standard InChI is InChI=1S/C10H18O4/c1-8(5-11)4-9(2)10(12)6-14-7-13-3/h10-12H,5-7H2,1-3H3/t4?,10-/m0/s1. The molecule has 14 heavy (non-hydrogen) atoms. The summed E-state index contributed by atoms with van der Waals surface area (Å²) in [5.41, 5.74) is 4.20. The van der Waals surface area contributed by atoms with E-state index >= 15 is 0 Å². The van der Waals surface area contributed by atoms with Gasteiger partial charge in [0.05, 0.1) is 13.2 Å². The lowest BCUT2D eigenvalue weighted by Gasteiger charge is -2.09. The number of rotatable bonds is 6. The van der Waals surface area contributed by atoms with E-state index in [0.29, 0.717) is 11.1 Å². The molecule has 0 spiro atoms. The van der Waals surface area contributed by atoms with Crippen LogP contribution in [0, 0.1) is 0 Å². The molecule has 0 aromatic carbocycles. The number of hydrogen-bond donors (Lipinski definition) is 2. The predicted octanol–water partition coefficient (Wildman–Crippen LogP) is 0.452. The summed E-state index contributed by atoms with van der Waals surface area (Å²) in [6.45, 7) is 3.76. The van der Waals surface area contributed by atoms with E-state index < -0.39 is 6.10 Å². The van der Waals surface area contributed by atoms with Crippen molar-refractivity contribution < 1.29 is 19.7 Å². The Kier molecular flexibility index (Phi) is 7.38. The summed E-state index contributed by atoms with van der Waals surface area (Å²) in [5, 5.41) is 18.2. The minimum atomic E-state index is -0.702. The molecule has 4 heteroatoms. The van der Waals surface area contributed by atoms with Gasteiger partial charge in [0.1, 0.15) is 12.9 Å². The van der Waals surface area contributed by atoms with Gasteiger partial charge >= 0.3 is 0 Å². The highest BCUT2D eigenvalue weighted by atomic mass is 16.7. The van der Waals surface area contributed by atoms with Crippen molar-refractivity contribution in [3.63, 3.8) is 0 Å². The molecule has 0 aromatic rings. The van der Waals surface area contributed by atoms with E-state index in [-0.39, 0.29) is 20.0 Å². The molecule has 2 N–H and O–H groups in total. The van der Waals surface area contributed by atoms with E-state index in [1.807, 2.05) is 0 Å². The second-order valence-corrected chi connectivity index (χ2v) is 3.04. The second kappa shape index (κ2) is 7.74. The van der Waals surface area contributed by atoms with Crippen LogP contribution < -0.4 is 0 Å². The molecule has 0 saturated heterocycles. The zero-order chi connectivity index (χ0) is 11.0. The maximum absolute atomic E-state index is 9.51. The van der Waals surface area contributed by atoms with Gasteiger partial charge in [-0.15, -0.1) is 5.73 Å². The third-order valence-electron chi connectivity index (χ3n) is 1.62. The fraction of sp³-hybridized carbons (Fsp3) is 0.700. The molecule has 0 amide bonds. The molecule has 0 aliphatic rings. The normalized spacial score (nSPS) is 12.1. The van der Waals surface area contributed by atoms with Crippen LogP contribution in [0.3, 0.4) is 0 Å². The smallest absolute Gasteiger partial charge is 0.146 e. The molecule has 0 radical (unpaired) electrons. The number of ether oxygens (including phenoxy) is 2. The van der Waals surface area contributed by atoms with Gasteiger partial charge < -0.3 is 19.7 Å². The SMILES string of the molecule is COCOC[C@H](O)C(C)=C=C(C)CO. The van der Waals surface area contributed by atoms with Crippen LogP contribution in [0.15, 0.2) is 16.9 Å². The molecule has 0 aliphatic carbocycles. The van der Waals surface area contributed by atoms with Gasteiger partial charge in [0.2, 0.25) is 0 Å². The van der Waals surface area contributed by atoms with Gasteiger partial charge in [0, 0.05) is 7.11 Å². The lowest BCUT2D eigenvalue weighted by molar-refractivity contribution is -0.0545. The predicted molar refractivity (Wildman–Crippen MR) is 52.8 cm³/mol. The van der Waals surface area contributed by atoms with Crippen molar-refractivity contribution in [2.75, 3.05) is 27.1 Å². The fourth-order valence-electron chi connectivity index (χ4n) is 0.827. The van der Waals surface area contributed by atoms with Crippen LogP contribution in [-0.2, 0) is 9.47 Å². The molecule has 1 atom stereocenters. The van der Waals surface area contributed by atoms with Gasteiger partial charge in [-0.25, -0.2) is 0 Å². The molecular formula is C10H18O4. The zero-order valence-electron chi connectivity index (χ0n) is 8.91. The van der Waals surface area contributed by atoms with Crippen molar-refractivity contribution in [2.45, 2.75) is 20.0 Å². The van der Waals surface area contributed by atoms with Crippen LogP contribution in [0.4, 0.5) is 0 Å². The van der Waals surface area contributed by atoms with Gasteiger partial charge in [0.15, 0.2) is 0 Å². The van der Waals surface area contributed by atoms with Crippen molar-refractivity contribution in [1.82, 2.24) is 0 Å². The maximum Gasteiger partial charge on any atom is 0.146 e. The first kappa shape index (κ1) is 13.4. The first-order chi connectivity index (χ1) is 6.61. The van der Waals surface area contributed by atoms with Crippen LogP contribution in [0.2, 0.25) is 0 Å². The first-order valence-corrected chi connectivity index (χ1v) is 4.40. The lowest BCUT2D eigenvalue weighted by atomic mass is 10.1. The third-order valence-corrected chi connectivity index (χ3v) is 1.62. The van der Waals surface area contributed by atoms with E-state index in [1.54, 1.807) is 13.8 Å². The third kappa shape index (κ3) is 5.91. The molecule has 0 fully saturated rings. The fourth-order valence-corrected chi connectivity index (χ4v) is 0.827. The summed E-state index contributed by atoms with van der Waals surface area (Å²) in [5.74, 6) is 0. The Bertz CT molecular complexity index is 216. The highest BCUT2D eigenvalue weighted by Crippen LogP contribution is 2.01. The number of aliphatic hydroxyl groups excluding tert-OH is 2. The van der Waals surface area contributed by atoms with Crippen molar-refractivity contribution in [3.8, 4) is 0 Å². The largest absolute Gasteiger partial charge is 0.391 e. The summed E-state index contributed by atoms with van der Waals surface area (Å²) in [6, 6.07) is 0. The molecule has 0 heterocycles. The summed E-state index contributed by atoms with van der Waals surface area (Å²) in [7, 11) is 1.52. The Balaban J connectivity index is 4.11. The van der Waals surface area contributed by atoms with Crippen LogP contribution in [0.25, 0.3) is 0 Å². The molecule has 82 valence electrons. The van der Waals surface area contributed by atoms with E-state index in [4.69, 9.17) is 9.84 Å². The molecular weight excluding hydrogens is 184 g/mol. The molecule has 0 aromatic heterocycles. The highest BCUT2D eigenvalue weighted by Gasteiger charge is 2.05. The van der Waals surface area contributed by atoms with Gasteiger partial charge in [-0.2, -0.15) is 0 Å². The van der Waals surface area contributed by atoms with E-state index in [1.165, 1.54) is 7.11 Å². The number of hydrogen-bond acceptors (Lipinski definition) is 4. The van der Waals surface area contributed by atoms with Gasteiger partial charge in [-0.3, -0.25) is 0 Å². The minimum Gasteiger partial charge on any atom is -0.391 e. The summed E-state index contributed by atoms with van der Waals surface area (Å²) >= 11 is 0. The Morgan fingerprint density at radius 2 is 2.07 bits per heavy atom. The highest BCUT2D eigenvalue weighted by molar-refractivity contribution is 5.09. The van der Waals surface area contributed by atoms with Gasteiger partial charge in [0.25, 0.3) is 0 Å². The molecule has 4 nitrogen and oxygen atoms in total. The molecule has 0 saturated carbocycles. The monoisotopic (exact) mass is 202 g/mol. The average molecular weight is 202 g/mol. The molecule has 0 aliphatic heterocycles. The molecule has 0 unspecified atom stereocenters. The van der Waals surface area contributed by atoms with Crippen molar-refractivity contribution in [1.29, 1.82) is 0 Å². The Labute approximate surface area is 84.5 Å². The van der Waals surface area contributed by atoms with Crippen molar-refractivity contribution >= 4 is 0 Å². The molecule has 0 rings (SSSR count). The minimum absolute atomic E-state index is 0.0526. The Morgan fingerprint density at radius 3 is 2.57 bits per heavy atom. The van der Waals surface area contributed by atoms with Crippen LogP contribution >= 0.6 is 0 Å².